The highest BCUT2D eigenvalue weighted by Gasteiger charge is 2.27. The van der Waals surface area contributed by atoms with Crippen molar-refractivity contribution < 1.29 is 23.1 Å². The number of nitrogens with two attached hydrogens (primary N) is 1. The number of amides is 2. The average molecular weight is 586 g/mol. The number of pyridine rings is 1. The third-order valence-corrected chi connectivity index (χ3v) is 7.53. The normalized spacial score (nSPS) is 11.3. The first-order chi connectivity index (χ1) is 19.2. The van der Waals surface area contributed by atoms with Gasteiger partial charge in [0.2, 0.25) is 0 Å². The quantitative estimate of drug-likeness (QED) is 0.229. The highest BCUT2D eigenvalue weighted by Crippen LogP contribution is 2.43. The highest BCUT2D eigenvalue weighted by molar-refractivity contribution is 7.21. The zero-order valence-corrected chi connectivity index (χ0v) is 22.8. The Morgan fingerprint density at radius 3 is 2.55 bits per heavy atom. The Bertz CT molecular complexity index is 1730. The van der Waals surface area contributed by atoms with Crippen molar-refractivity contribution in [1.29, 1.82) is 0 Å². The van der Waals surface area contributed by atoms with Crippen LogP contribution in [-0.4, -0.2) is 36.4 Å². The van der Waals surface area contributed by atoms with Crippen LogP contribution in [-0.2, 0) is 13.3 Å². The molecule has 2 amide bonds. The highest BCUT2D eigenvalue weighted by atomic mass is 35.5. The molecule has 4 aromatic heterocycles. The van der Waals surface area contributed by atoms with Gasteiger partial charge in [-0.3, -0.25) is 14.3 Å². The molecular formula is C26H22ClF2N7O3S. The number of aromatic nitrogens is 5. The van der Waals surface area contributed by atoms with Gasteiger partial charge in [-0.2, -0.15) is 10.2 Å². The van der Waals surface area contributed by atoms with Gasteiger partial charge in [0, 0.05) is 34.4 Å². The van der Waals surface area contributed by atoms with Gasteiger partial charge in [-0.1, -0.05) is 11.6 Å². The van der Waals surface area contributed by atoms with Crippen LogP contribution in [0.1, 0.15) is 44.9 Å². The number of carbonyl (C=O) groups is 2. The summed E-state index contributed by atoms with van der Waals surface area (Å²) in [5.74, 6) is -0.952. The second-order valence-corrected chi connectivity index (χ2v) is 10.0. The number of nitrogens with zero attached hydrogens (tertiary/aromatic N) is 5. The van der Waals surface area contributed by atoms with Crippen molar-refractivity contribution in [2.75, 3.05) is 5.32 Å². The minimum absolute atomic E-state index is 0.0347. The molecule has 5 rings (SSSR count). The number of aryl methyl sites for hydroxylation is 1. The summed E-state index contributed by atoms with van der Waals surface area (Å²) in [6, 6.07) is 9.40. The van der Waals surface area contributed by atoms with Crippen molar-refractivity contribution >= 4 is 50.7 Å². The van der Waals surface area contributed by atoms with Gasteiger partial charge < -0.3 is 15.8 Å². The van der Waals surface area contributed by atoms with Gasteiger partial charge in [0.05, 0.1) is 11.9 Å². The van der Waals surface area contributed by atoms with Gasteiger partial charge in [0.15, 0.2) is 6.73 Å². The van der Waals surface area contributed by atoms with E-state index in [1.54, 1.807) is 42.1 Å². The lowest BCUT2D eigenvalue weighted by Crippen LogP contribution is -2.21. The van der Waals surface area contributed by atoms with Gasteiger partial charge in [0.25, 0.3) is 18.2 Å². The van der Waals surface area contributed by atoms with Crippen LogP contribution in [0.25, 0.3) is 21.3 Å². The first kappa shape index (κ1) is 27.2. The number of hydrogen-bond donors (Lipinski definition) is 2. The first-order valence-electron chi connectivity index (χ1n) is 12.0. The van der Waals surface area contributed by atoms with E-state index in [9.17, 15) is 18.4 Å². The second kappa shape index (κ2) is 11.0. The predicted molar refractivity (Wildman–Crippen MR) is 147 cm³/mol. The number of hydrogen-bond acceptors (Lipinski definition) is 7. The number of alkyl halides is 2. The number of fused-ring (bicyclic) bond motifs is 1. The van der Waals surface area contributed by atoms with Crippen LogP contribution in [0, 0.1) is 6.92 Å². The smallest absolute Gasteiger partial charge is 0.280 e. The van der Waals surface area contributed by atoms with E-state index in [-0.39, 0.29) is 27.8 Å². The Kier molecular flexibility index (Phi) is 7.50. The van der Waals surface area contributed by atoms with E-state index in [1.165, 1.54) is 23.0 Å². The average Bonchev–Trinajstić information content (AvgIpc) is 3.65. The van der Waals surface area contributed by atoms with E-state index in [1.807, 2.05) is 6.92 Å². The Hall–Kier alpha value is -4.36. The maximum absolute atomic E-state index is 13.8. The van der Waals surface area contributed by atoms with Crippen LogP contribution < -0.4 is 15.8 Å². The topological polar surface area (TPSA) is 130 Å². The van der Waals surface area contributed by atoms with E-state index in [0.29, 0.717) is 33.8 Å². The molecule has 5 aromatic rings. The van der Waals surface area contributed by atoms with Gasteiger partial charge in [-0.05, 0) is 55.8 Å². The van der Waals surface area contributed by atoms with Crippen LogP contribution in [0.3, 0.4) is 0 Å². The van der Waals surface area contributed by atoms with Gasteiger partial charge in [0.1, 0.15) is 26.8 Å². The fourth-order valence-corrected chi connectivity index (χ4v) is 5.38. The van der Waals surface area contributed by atoms with Gasteiger partial charge in [-0.15, -0.1) is 11.3 Å². The Labute approximate surface area is 235 Å². The summed E-state index contributed by atoms with van der Waals surface area (Å²) in [5.41, 5.74) is 6.98. The molecule has 4 heterocycles. The Morgan fingerprint density at radius 1 is 1.15 bits per heavy atom. The number of thiophene rings is 1. The maximum atomic E-state index is 13.8. The summed E-state index contributed by atoms with van der Waals surface area (Å²) in [4.78, 5) is 30.1. The van der Waals surface area contributed by atoms with Gasteiger partial charge in [-0.25, -0.2) is 18.4 Å². The number of rotatable bonds is 9. The second-order valence-electron chi connectivity index (χ2n) is 8.60. The number of carbonyl (C=O) groups excluding carboxylic acids is 2. The van der Waals surface area contributed by atoms with Crippen molar-refractivity contribution in [2.45, 2.75) is 33.5 Å². The molecule has 0 radical (unpaired) electrons. The van der Waals surface area contributed by atoms with Crippen LogP contribution in [0.5, 0.6) is 5.75 Å². The van der Waals surface area contributed by atoms with Crippen molar-refractivity contribution in [3.05, 3.63) is 75.8 Å². The zero-order chi connectivity index (χ0) is 28.6. The summed E-state index contributed by atoms with van der Waals surface area (Å²) in [7, 11) is 0. The predicted octanol–water partition coefficient (Wildman–Crippen LogP) is 5.66. The van der Waals surface area contributed by atoms with E-state index in [0.717, 1.165) is 17.0 Å². The van der Waals surface area contributed by atoms with Gasteiger partial charge >= 0.3 is 0 Å². The van der Waals surface area contributed by atoms with Crippen LogP contribution in [0.15, 0.2) is 48.8 Å². The molecule has 0 fully saturated rings. The van der Waals surface area contributed by atoms with E-state index in [4.69, 9.17) is 22.1 Å². The zero-order valence-electron chi connectivity index (χ0n) is 21.2. The van der Waals surface area contributed by atoms with Crippen molar-refractivity contribution in [3.8, 4) is 16.9 Å². The molecule has 0 spiro atoms. The molecule has 0 atom stereocenters. The number of nitrogens with one attached hydrogen (secondary N) is 1. The van der Waals surface area contributed by atoms with Crippen LogP contribution in [0.2, 0.25) is 5.02 Å². The standard InChI is InChI=1S/C26H22ClF2N7O3S/c1-3-35-13(2)17(11-32-35)16-10-18(23(28)29)33-26-20(16)21(22(40-26)24(30)37)34-25(38)19-8-9-31-36(19)12-39-15-6-4-14(27)5-7-15/h4-11,23H,3,12H2,1-2H3,(H2,30,37)(H,34,38). The molecule has 0 aliphatic rings. The molecule has 206 valence electrons. The monoisotopic (exact) mass is 585 g/mol. The number of halogens is 3. The summed E-state index contributed by atoms with van der Waals surface area (Å²) in [6.45, 7) is 4.17. The number of primary amides is 1. The number of benzene rings is 1. The molecule has 0 saturated carbocycles. The van der Waals surface area contributed by atoms with Crippen molar-refractivity contribution in [3.63, 3.8) is 0 Å². The lowest BCUT2D eigenvalue weighted by atomic mass is 10.0. The molecule has 1 aromatic carbocycles. The fourth-order valence-electron chi connectivity index (χ4n) is 4.24. The lowest BCUT2D eigenvalue weighted by molar-refractivity contribution is 0.100. The molecule has 0 saturated heterocycles. The minimum Gasteiger partial charge on any atom is -0.471 e. The molecule has 0 bridgehead atoms. The summed E-state index contributed by atoms with van der Waals surface area (Å²) < 4.78 is 36.4. The molecule has 10 nitrogen and oxygen atoms in total. The van der Waals surface area contributed by atoms with Crippen LogP contribution >= 0.6 is 22.9 Å². The maximum Gasteiger partial charge on any atom is 0.280 e. The lowest BCUT2D eigenvalue weighted by Gasteiger charge is -2.12. The first-order valence-corrected chi connectivity index (χ1v) is 13.2. The molecule has 0 aliphatic carbocycles. The number of anilines is 1. The molecule has 0 aliphatic heterocycles. The van der Waals surface area contributed by atoms with Crippen LogP contribution in [0.4, 0.5) is 14.5 Å². The molecule has 14 heteroatoms. The van der Waals surface area contributed by atoms with E-state index >= 15 is 0 Å². The summed E-state index contributed by atoms with van der Waals surface area (Å²) in [6.07, 6.45) is 0.113. The van der Waals surface area contributed by atoms with E-state index < -0.39 is 23.9 Å². The third kappa shape index (κ3) is 5.12. The minimum atomic E-state index is -2.86. The fraction of sp³-hybridized carbons (Fsp3) is 0.192. The third-order valence-electron chi connectivity index (χ3n) is 6.18. The van der Waals surface area contributed by atoms with Crippen molar-refractivity contribution in [1.82, 2.24) is 24.5 Å². The molecule has 3 N–H and O–H groups in total. The SMILES string of the molecule is CCn1ncc(-c2cc(C(F)F)nc3sc(C(N)=O)c(NC(=O)c4ccnn4COc4ccc(Cl)cc4)c23)c1C. The van der Waals surface area contributed by atoms with E-state index in [2.05, 4.69) is 20.5 Å². The Balaban J connectivity index is 1.57. The largest absolute Gasteiger partial charge is 0.471 e. The summed E-state index contributed by atoms with van der Waals surface area (Å²) in [5, 5.41) is 12.1. The molecule has 40 heavy (non-hydrogen) atoms. The number of ether oxygens (including phenoxy) is 1. The summed E-state index contributed by atoms with van der Waals surface area (Å²) >= 11 is 6.73. The molecular weight excluding hydrogens is 564 g/mol. The molecule has 0 unspecified atom stereocenters. The van der Waals surface area contributed by atoms with Crippen molar-refractivity contribution in [2.24, 2.45) is 5.73 Å². The Morgan fingerprint density at radius 2 is 1.90 bits per heavy atom.